The number of para-hydroxylation sites is 1. The third kappa shape index (κ3) is 4.19. The summed E-state index contributed by atoms with van der Waals surface area (Å²) in [5, 5.41) is 0.640. The molecule has 0 atom stereocenters. The molecule has 2 aromatic carbocycles. The number of pyridine rings is 1. The molecule has 1 aliphatic heterocycles. The van der Waals surface area contributed by atoms with Crippen LogP contribution in [0, 0.1) is 5.82 Å². The van der Waals surface area contributed by atoms with Crippen LogP contribution in [0.1, 0.15) is 10.4 Å². The predicted octanol–water partition coefficient (Wildman–Crippen LogP) is 2.09. The molecule has 0 radical (unpaired) electrons. The minimum absolute atomic E-state index is 0.0711. The van der Waals surface area contributed by atoms with E-state index in [1.165, 1.54) is 29.3 Å². The van der Waals surface area contributed by atoms with Crippen LogP contribution < -0.4 is 4.72 Å². The molecule has 8 nitrogen and oxygen atoms in total. The van der Waals surface area contributed by atoms with Crippen molar-refractivity contribution in [1.29, 1.82) is 0 Å². The number of hydrogen-bond acceptors (Lipinski definition) is 5. The third-order valence-electron chi connectivity index (χ3n) is 5.10. The fourth-order valence-corrected chi connectivity index (χ4v) is 4.68. The van der Waals surface area contributed by atoms with Crippen LogP contribution in [0.5, 0.6) is 0 Å². The predicted molar refractivity (Wildman–Crippen MR) is 112 cm³/mol. The first-order chi connectivity index (χ1) is 14.9. The lowest BCUT2D eigenvalue weighted by molar-refractivity contribution is -0.119. The highest BCUT2D eigenvalue weighted by Gasteiger charge is 2.24. The van der Waals surface area contributed by atoms with E-state index in [1.54, 1.807) is 29.2 Å². The second kappa shape index (κ2) is 8.31. The smallest absolute Gasteiger partial charge is 0.264 e. The first kappa shape index (κ1) is 20.7. The van der Waals surface area contributed by atoms with Gasteiger partial charge in [-0.2, -0.15) is 0 Å². The minimum atomic E-state index is -4.11. The normalized spacial score (nSPS) is 14.5. The van der Waals surface area contributed by atoms with Crippen LogP contribution in [0.25, 0.3) is 10.9 Å². The largest absolute Gasteiger partial charge is 0.342 e. The highest BCUT2D eigenvalue weighted by molar-refractivity contribution is 7.93. The number of benzene rings is 2. The van der Waals surface area contributed by atoms with Crippen molar-refractivity contribution < 1.29 is 22.4 Å². The molecule has 3 aromatic rings. The van der Waals surface area contributed by atoms with Crippen LogP contribution >= 0.6 is 0 Å². The van der Waals surface area contributed by atoms with Gasteiger partial charge in [0, 0.05) is 43.3 Å². The van der Waals surface area contributed by atoms with Gasteiger partial charge in [-0.15, -0.1) is 0 Å². The highest BCUT2D eigenvalue weighted by atomic mass is 32.2. The Balaban J connectivity index is 1.56. The van der Waals surface area contributed by atoms with Gasteiger partial charge in [0.2, 0.25) is 6.41 Å². The van der Waals surface area contributed by atoms with E-state index in [-0.39, 0.29) is 27.6 Å². The summed E-state index contributed by atoms with van der Waals surface area (Å²) in [6, 6.07) is 11.7. The van der Waals surface area contributed by atoms with Crippen molar-refractivity contribution in [2.45, 2.75) is 4.90 Å². The molecule has 2 amide bonds. The molecule has 0 bridgehead atoms. The van der Waals surface area contributed by atoms with Gasteiger partial charge in [0.25, 0.3) is 15.9 Å². The van der Waals surface area contributed by atoms with Crippen LogP contribution in [0.3, 0.4) is 0 Å². The molecule has 1 aromatic heterocycles. The molecule has 0 aliphatic carbocycles. The number of piperazine rings is 1. The van der Waals surface area contributed by atoms with Crippen molar-refractivity contribution in [2.24, 2.45) is 0 Å². The summed E-state index contributed by atoms with van der Waals surface area (Å²) in [4.78, 5) is 30.5. The average Bonchev–Trinajstić information content (AvgIpc) is 2.79. The van der Waals surface area contributed by atoms with Crippen molar-refractivity contribution in [3.63, 3.8) is 0 Å². The van der Waals surface area contributed by atoms with Gasteiger partial charge in [0.1, 0.15) is 10.7 Å². The molecule has 1 N–H and O–H groups in total. The lowest BCUT2D eigenvalue weighted by atomic mass is 10.1. The van der Waals surface area contributed by atoms with Crippen LogP contribution in [0.15, 0.2) is 59.6 Å². The number of carbonyl (C=O) groups excluding carboxylic acids is 2. The Bertz CT molecular complexity index is 1250. The SMILES string of the molecule is O=CN1CCN(C(=O)c2ccc(NS(=O)(=O)c3cccc4cccnc34)c(F)c2)CC1. The minimum Gasteiger partial charge on any atom is -0.342 e. The molecule has 31 heavy (non-hydrogen) atoms. The molecule has 160 valence electrons. The number of aromatic nitrogens is 1. The Kier molecular flexibility index (Phi) is 5.55. The average molecular weight is 442 g/mol. The fraction of sp³-hybridized carbons (Fsp3) is 0.190. The van der Waals surface area contributed by atoms with E-state index in [1.807, 2.05) is 0 Å². The molecule has 1 fully saturated rings. The Morgan fingerprint density at radius 2 is 1.81 bits per heavy atom. The summed E-state index contributed by atoms with van der Waals surface area (Å²) in [7, 11) is -4.11. The summed E-state index contributed by atoms with van der Waals surface area (Å²) < 4.78 is 42.7. The third-order valence-corrected chi connectivity index (χ3v) is 6.49. The number of fused-ring (bicyclic) bond motifs is 1. The number of rotatable bonds is 5. The van der Waals surface area contributed by atoms with Gasteiger partial charge in [-0.25, -0.2) is 12.8 Å². The molecule has 4 rings (SSSR count). The van der Waals surface area contributed by atoms with Crippen molar-refractivity contribution in [2.75, 3.05) is 30.9 Å². The molecule has 0 spiro atoms. The summed E-state index contributed by atoms with van der Waals surface area (Å²) >= 11 is 0. The first-order valence-corrected chi connectivity index (χ1v) is 11.0. The van der Waals surface area contributed by atoms with Gasteiger partial charge in [-0.3, -0.25) is 19.3 Å². The molecule has 0 saturated carbocycles. The van der Waals surface area contributed by atoms with Gasteiger partial charge >= 0.3 is 0 Å². The molecular formula is C21H19FN4O4S. The zero-order chi connectivity index (χ0) is 22.0. The molecule has 2 heterocycles. The van der Waals surface area contributed by atoms with E-state index in [0.29, 0.717) is 31.6 Å². The quantitative estimate of drug-likeness (QED) is 0.610. The topological polar surface area (TPSA) is 99.7 Å². The van der Waals surface area contributed by atoms with Crippen molar-refractivity contribution in [3.05, 3.63) is 66.1 Å². The van der Waals surface area contributed by atoms with Gasteiger partial charge in [0.15, 0.2) is 0 Å². The number of anilines is 1. The number of hydrogen-bond donors (Lipinski definition) is 1. The number of sulfonamides is 1. The van der Waals surface area contributed by atoms with Crippen molar-refractivity contribution >= 4 is 38.9 Å². The monoisotopic (exact) mass is 442 g/mol. The lowest BCUT2D eigenvalue weighted by Gasteiger charge is -2.32. The summed E-state index contributed by atoms with van der Waals surface area (Å²) in [5.41, 5.74) is 0.112. The maximum Gasteiger partial charge on any atom is 0.264 e. The van der Waals surface area contributed by atoms with Gasteiger partial charge < -0.3 is 9.80 Å². The van der Waals surface area contributed by atoms with Crippen LogP contribution in [-0.2, 0) is 14.8 Å². The maximum atomic E-state index is 14.7. The summed E-state index contributed by atoms with van der Waals surface area (Å²) in [6.07, 6.45) is 2.21. The van der Waals surface area contributed by atoms with E-state index in [9.17, 15) is 22.4 Å². The van der Waals surface area contributed by atoms with Crippen LogP contribution in [0.4, 0.5) is 10.1 Å². The standard InChI is InChI=1S/C21H19FN4O4S/c22-17-13-16(21(28)26-11-9-25(14-27)10-12-26)6-7-18(17)24-31(29,30)19-5-1-3-15-4-2-8-23-20(15)19/h1-8,13-14,24H,9-12H2. The maximum absolute atomic E-state index is 14.7. The molecule has 1 aliphatic rings. The highest BCUT2D eigenvalue weighted by Crippen LogP contribution is 2.25. The molecular weight excluding hydrogens is 423 g/mol. The van der Waals surface area contributed by atoms with E-state index in [0.717, 1.165) is 12.5 Å². The Labute approximate surface area is 178 Å². The lowest BCUT2D eigenvalue weighted by Crippen LogP contribution is -2.48. The number of halogens is 1. The first-order valence-electron chi connectivity index (χ1n) is 9.54. The van der Waals surface area contributed by atoms with E-state index >= 15 is 0 Å². The zero-order valence-electron chi connectivity index (χ0n) is 16.4. The van der Waals surface area contributed by atoms with Crippen molar-refractivity contribution in [3.8, 4) is 0 Å². The van der Waals surface area contributed by atoms with Gasteiger partial charge in [0.05, 0.1) is 11.2 Å². The molecule has 1 saturated heterocycles. The number of carbonyl (C=O) groups is 2. The number of nitrogens with one attached hydrogen (secondary N) is 1. The number of amides is 2. The van der Waals surface area contributed by atoms with Gasteiger partial charge in [-0.05, 0) is 30.3 Å². The summed E-state index contributed by atoms with van der Waals surface area (Å²) in [6.45, 7) is 1.52. The Morgan fingerprint density at radius 1 is 1.06 bits per heavy atom. The van der Waals surface area contributed by atoms with Crippen LogP contribution in [-0.4, -0.2) is 61.7 Å². The fourth-order valence-electron chi connectivity index (χ4n) is 3.44. The van der Waals surface area contributed by atoms with Crippen molar-refractivity contribution in [1.82, 2.24) is 14.8 Å². The van der Waals surface area contributed by atoms with E-state index in [4.69, 9.17) is 0 Å². The second-order valence-corrected chi connectivity index (χ2v) is 8.72. The van der Waals surface area contributed by atoms with E-state index < -0.39 is 15.8 Å². The second-order valence-electron chi connectivity index (χ2n) is 7.06. The van der Waals surface area contributed by atoms with E-state index in [2.05, 4.69) is 9.71 Å². The summed E-state index contributed by atoms with van der Waals surface area (Å²) in [5.74, 6) is -1.24. The Hall–Kier alpha value is -3.53. The number of nitrogens with zero attached hydrogens (tertiary/aromatic N) is 3. The van der Waals surface area contributed by atoms with Gasteiger partial charge in [-0.1, -0.05) is 18.2 Å². The molecule has 0 unspecified atom stereocenters. The zero-order valence-corrected chi connectivity index (χ0v) is 17.2. The molecule has 10 heteroatoms. The van der Waals surface area contributed by atoms with Crippen LogP contribution in [0.2, 0.25) is 0 Å². The Morgan fingerprint density at radius 3 is 2.52 bits per heavy atom.